The SMILES string of the molecule is Cc1cccc(-c2ncc(N)nn2)c1. The van der Waals surface area contributed by atoms with E-state index in [4.69, 9.17) is 5.73 Å². The molecule has 0 atom stereocenters. The molecule has 1 aromatic heterocycles. The molecule has 0 aliphatic heterocycles. The van der Waals surface area contributed by atoms with E-state index in [1.165, 1.54) is 11.8 Å². The maximum absolute atomic E-state index is 5.40. The molecule has 0 aliphatic carbocycles. The summed E-state index contributed by atoms with van der Waals surface area (Å²) < 4.78 is 0. The lowest BCUT2D eigenvalue weighted by molar-refractivity contribution is 0.991. The van der Waals surface area contributed by atoms with Crippen molar-refractivity contribution in [1.82, 2.24) is 15.2 Å². The van der Waals surface area contributed by atoms with Crippen LogP contribution in [-0.2, 0) is 0 Å². The molecule has 70 valence electrons. The fourth-order valence-electron chi connectivity index (χ4n) is 1.20. The number of benzene rings is 1. The predicted molar refractivity (Wildman–Crippen MR) is 54.4 cm³/mol. The van der Waals surface area contributed by atoms with Crippen LogP contribution < -0.4 is 5.73 Å². The highest BCUT2D eigenvalue weighted by Crippen LogP contribution is 2.14. The second-order valence-electron chi connectivity index (χ2n) is 3.08. The van der Waals surface area contributed by atoms with Gasteiger partial charge in [-0.25, -0.2) is 4.98 Å². The first-order valence-corrected chi connectivity index (χ1v) is 4.28. The molecule has 0 amide bonds. The first-order chi connectivity index (χ1) is 6.75. The summed E-state index contributed by atoms with van der Waals surface area (Å²) in [6.07, 6.45) is 1.50. The largest absolute Gasteiger partial charge is 0.381 e. The van der Waals surface area contributed by atoms with E-state index in [1.54, 1.807) is 0 Å². The Hall–Kier alpha value is -1.97. The quantitative estimate of drug-likeness (QED) is 0.731. The number of aryl methyl sites for hydroxylation is 1. The van der Waals surface area contributed by atoms with E-state index in [1.807, 2.05) is 31.2 Å². The molecule has 2 rings (SSSR count). The maximum atomic E-state index is 5.40. The van der Waals surface area contributed by atoms with Crippen LogP contribution in [0.5, 0.6) is 0 Å². The van der Waals surface area contributed by atoms with Crippen molar-refractivity contribution in [2.75, 3.05) is 5.73 Å². The van der Waals surface area contributed by atoms with Crippen LogP contribution in [0.4, 0.5) is 5.82 Å². The summed E-state index contributed by atoms with van der Waals surface area (Å²) in [5.74, 6) is 0.935. The van der Waals surface area contributed by atoms with Crippen LogP contribution in [0.3, 0.4) is 0 Å². The zero-order valence-corrected chi connectivity index (χ0v) is 7.81. The molecule has 0 unspecified atom stereocenters. The van der Waals surface area contributed by atoms with Gasteiger partial charge in [0.1, 0.15) is 0 Å². The van der Waals surface area contributed by atoms with E-state index in [-0.39, 0.29) is 0 Å². The lowest BCUT2D eigenvalue weighted by Gasteiger charge is -1.99. The normalized spacial score (nSPS) is 10.1. The van der Waals surface area contributed by atoms with Gasteiger partial charge < -0.3 is 5.73 Å². The van der Waals surface area contributed by atoms with Gasteiger partial charge in [0, 0.05) is 5.56 Å². The van der Waals surface area contributed by atoms with Gasteiger partial charge in [0.25, 0.3) is 0 Å². The Morgan fingerprint density at radius 1 is 1.21 bits per heavy atom. The highest BCUT2D eigenvalue weighted by molar-refractivity contribution is 5.55. The number of hydrogen-bond donors (Lipinski definition) is 1. The Morgan fingerprint density at radius 3 is 2.71 bits per heavy atom. The van der Waals surface area contributed by atoms with Crippen LogP contribution in [-0.4, -0.2) is 15.2 Å². The Labute approximate surface area is 81.8 Å². The van der Waals surface area contributed by atoms with Crippen LogP contribution in [0.25, 0.3) is 11.4 Å². The minimum atomic E-state index is 0.335. The van der Waals surface area contributed by atoms with Crippen molar-refractivity contribution in [2.24, 2.45) is 0 Å². The molecule has 2 N–H and O–H groups in total. The number of nitrogen functional groups attached to an aromatic ring is 1. The molecule has 0 radical (unpaired) electrons. The minimum absolute atomic E-state index is 0.335. The van der Waals surface area contributed by atoms with Gasteiger partial charge in [0.15, 0.2) is 11.6 Å². The van der Waals surface area contributed by atoms with E-state index in [0.29, 0.717) is 11.6 Å². The third-order valence-electron chi connectivity index (χ3n) is 1.86. The molecular weight excluding hydrogens is 176 g/mol. The molecule has 0 saturated heterocycles. The van der Waals surface area contributed by atoms with Crippen LogP contribution in [0.15, 0.2) is 30.5 Å². The molecule has 0 aliphatic rings. The van der Waals surface area contributed by atoms with Crippen molar-refractivity contribution in [3.05, 3.63) is 36.0 Å². The third-order valence-corrected chi connectivity index (χ3v) is 1.86. The molecule has 4 nitrogen and oxygen atoms in total. The summed E-state index contributed by atoms with van der Waals surface area (Å²) in [6, 6.07) is 7.94. The van der Waals surface area contributed by atoms with Crippen LogP contribution in [0.1, 0.15) is 5.56 Å². The van der Waals surface area contributed by atoms with Crippen molar-refractivity contribution < 1.29 is 0 Å². The van der Waals surface area contributed by atoms with E-state index >= 15 is 0 Å². The van der Waals surface area contributed by atoms with Gasteiger partial charge in [-0.2, -0.15) is 0 Å². The van der Waals surface area contributed by atoms with Gasteiger partial charge in [0.2, 0.25) is 0 Å². The first-order valence-electron chi connectivity index (χ1n) is 4.28. The molecule has 2 aromatic rings. The Bertz CT molecular complexity index is 436. The molecule has 0 saturated carbocycles. The van der Waals surface area contributed by atoms with Gasteiger partial charge in [-0.15, -0.1) is 10.2 Å². The third kappa shape index (κ3) is 1.69. The average Bonchev–Trinajstić information content (AvgIpc) is 2.19. The van der Waals surface area contributed by atoms with Crippen LogP contribution >= 0.6 is 0 Å². The van der Waals surface area contributed by atoms with Crippen molar-refractivity contribution in [3.8, 4) is 11.4 Å². The summed E-state index contributed by atoms with van der Waals surface area (Å²) in [4.78, 5) is 4.09. The summed E-state index contributed by atoms with van der Waals surface area (Å²) >= 11 is 0. The second-order valence-corrected chi connectivity index (χ2v) is 3.08. The lowest BCUT2D eigenvalue weighted by Crippen LogP contribution is -1.97. The van der Waals surface area contributed by atoms with Crippen molar-refractivity contribution >= 4 is 5.82 Å². The van der Waals surface area contributed by atoms with E-state index in [9.17, 15) is 0 Å². The van der Waals surface area contributed by atoms with Gasteiger partial charge in [-0.05, 0) is 13.0 Å². The number of anilines is 1. The van der Waals surface area contributed by atoms with Gasteiger partial charge >= 0.3 is 0 Å². The molecule has 1 heterocycles. The highest BCUT2D eigenvalue weighted by atomic mass is 15.2. The molecular formula is C10H10N4. The molecule has 4 heteroatoms. The molecule has 0 fully saturated rings. The monoisotopic (exact) mass is 186 g/mol. The number of aromatic nitrogens is 3. The second kappa shape index (κ2) is 3.41. The zero-order valence-electron chi connectivity index (χ0n) is 7.81. The maximum Gasteiger partial charge on any atom is 0.181 e. The summed E-state index contributed by atoms with van der Waals surface area (Å²) in [6.45, 7) is 2.02. The van der Waals surface area contributed by atoms with E-state index in [0.717, 1.165) is 5.56 Å². The number of nitrogens with zero attached hydrogens (tertiary/aromatic N) is 3. The minimum Gasteiger partial charge on any atom is -0.381 e. The summed E-state index contributed by atoms with van der Waals surface area (Å²) in [7, 11) is 0. The van der Waals surface area contributed by atoms with Gasteiger partial charge in [-0.1, -0.05) is 23.8 Å². The molecule has 1 aromatic carbocycles. The standard InChI is InChI=1S/C10H10N4/c1-7-3-2-4-8(5-7)10-12-6-9(11)13-14-10/h2-6H,1H3,(H2,11,13). The summed E-state index contributed by atoms with van der Waals surface area (Å²) in [5.41, 5.74) is 7.52. The average molecular weight is 186 g/mol. The lowest BCUT2D eigenvalue weighted by atomic mass is 10.1. The smallest absolute Gasteiger partial charge is 0.181 e. The number of hydrogen-bond acceptors (Lipinski definition) is 4. The number of rotatable bonds is 1. The Balaban J connectivity index is 2.44. The fourth-order valence-corrected chi connectivity index (χ4v) is 1.20. The Morgan fingerprint density at radius 2 is 2.07 bits per heavy atom. The van der Waals surface area contributed by atoms with E-state index < -0.39 is 0 Å². The predicted octanol–water partition coefficient (Wildman–Crippen LogP) is 1.43. The topological polar surface area (TPSA) is 64.7 Å². The fraction of sp³-hybridized carbons (Fsp3) is 0.100. The first kappa shape index (κ1) is 8.62. The van der Waals surface area contributed by atoms with Crippen LogP contribution in [0, 0.1) is 6.92 Å². The van der Waals surface area contributed by atoms with Crippen molar-refractivity contribution in [2.45, 2.75) is 6.92 Å². The van der Waals surface area contributed by atoms with E-state index in [2.05, 4.69) is 15.2 Å². The molecule has 0 bridgehead atoms. The molecule has 14 heavy (non-hydrogen) atoms. The van der Waals surface area contributed by atoms with Crippen molar-refractivity contribution in [3.63, 3.8) is 0 Å². The van der Waals surface area contributed by atoms with Crippen LogP contribution in [0.2, 0.25) is 0 Å². The zero-order chi connectivity index (χ0) is 9.97. The number of nitrogens with two attached hydrogens (primary N) is 1. The van der Waals surface area contributed by atoms with Gasteiger partial charge in [0.05, 0.1) is 6.20 Å². The Kier molecular flexibility index (Phi) is 2.10. The molecule has 0 spiro atoms. The van der Waals surface area contributed by atoms with Crippen molar-refractivity contribution in [1.29, 1.82) is 0 Å². The highest BCUT2D eigenvalue weighted by Gasteiger charge is 2.00. The van der Waals surface area contributed by atoms with Gasteiger partial charge in [-0.3, -0.25) is 0 Å². The summed E-state index contributed by atoms with van der Waals surface area (Å²) in [5, 5.41) is 7.65.